The molecule has 1 aromatic heterocycles. The zero-order chi connectivity index (χ0) is 24.7. The van der Waals surface area contributed by atoms with Crippen LogP contribution in [0.2, 0.25) is 0 Å². The van der Waals surface area contributed by atoms with E-state index >= 15 is 0 Å². The number of nitrogens with zero attached hydrogens (tertiary/aromatic N) is 2. The van der Waals surface area contributed by atoms with Gasteiger partial charge in [0.2, 0.25) is 0 Å². The van der Waals surface area contributed by atoms with Crippen molar-refractivity contribution in [3.8, 4) is 16.9 Å². The maximum absolute atomic E-state index is 12.3. The number of carbonyl (C=O) groups is 1. The van der Waals surface area contributed by atoms with Crippen LogP contribution in [0.15, 0.2) is 73.1 Å². The Morgan fingerprint density at radius 2 is 1.77 bits per heavy atom. The Morgan fingerprint density at radius 1 is 1.00 bits per heavy atom. The summed E-state index contributed by atoms with van der Waals surface area (Å²) in [6.45, 7) is 8.06. The first-order valence-corrected chi connectivity index (χ1v) is 12.2. The number of likely N-dealkylation sites (tertiary alicyclic amines) is 1. The molecular weight excluding hydrogens is 440 g/mol. The fraction of sp³-hybridized carbons (Fsp3) is 0.379. The summed E-state index contributed by atoms with van der Waals surface area (Å²) in [7, 11) is 0. The minimum Gasteiger partial charge on any atom is -0.490 e. The van der Waals surface area contributed by atoms with Gasteiger partial charge < -0.3 is 19.1 Å². The molecule has 0 radical (unpaired) electrons. The molecule has 6 heteroatoms. The zero-order valence-electron chi connectivity index (χ0n) is 20.8. The molecule has 2 heterocycles. The fourth-order valence-corrected chi connectivity index (χ4v) is 3.84. The Morgan fingerprint density at radius 3 is 2.46 bits per heavy atom. The zero-order valence-corrected chi connectivity index (χ0v) is 20.8. The van der Waals surface area contributed by atoms with E-state index in [0.29, 0.717) is 32.1 Å². The molecule has 1 amide bonds. The van der Waals surface area contributed by atoms with E-state index in [9.17, 15) is 4.79 Å². The summed E-state index contributed by atoms with van der Waals surface area (Å²) in [5, 5.41) is 0. The van der Waals surface area contributed by atoms with Crippen LogP contribution in [-0.2, 0) is 22.5 Å². The monoisotopic (exact) mass is 474 g/mol. The summed E-state index contributed by atoms with van der Waals surface area (Å²) in [5.74, 6) is 0.692. The molecule has 3 aromatic rings. The van der Waals surface area contributed by atoms with E-state index in [1.54, 1.807) is 11.1 Å². The van der Waals surface area contributed by atoms with Crippen molar-refractivity contribution in [1.29, 1.82) is 0 Å². The van der Waals surface area contributed by atoms with Gasteiger partial charge in [-0.05, 0) is 56.4 Å². The van der Waals surface area contributed by atoms with Crippen molar-refractivity contribution in [3.05, 3.63) is 84.2 Å². The minimum atomic E-state index is -0.499. The average Bonchev–Trinajstić information content (AvgIpc) is 2.81. The second-order valence-electron chi connectivity index (χ2n) is 9.82. The molecular formula is C29H34N2O4. The highest BCUT2D eigenvalue weighted by Gasteiger charge is 2.35. The highest BCUT2D eigenvalue weighted by atomic mass is 16.6. The number of ether oxygens (including phenoxy) is 3. The van der Waals surface area contributed by atoms with Crippen molar-refractivity contribution in [3.63, 3.8) is 0 Å². The van der Waals surface area contributed by atoms with Crippen LogP contribution < -0.4 is 4.74 Å². The molecule has 184 valence electrons. The maximum atomic E-state index is 12.3. The maximum Gasteiger partial charge on any atom is 0.410 e. The minimum absolute atomic E-state index is 0.0249. The Bertz CT molecular complexity index is 1090. The molecule has 6 nitrogen and oxygen atoms in total. The first-order chi connectivity index (χ1) is 16.9. The van der Waals surface area contributed by atoms with Crippen LogP contribution in [0, 0.1) is 0 Å². The number of carbonyl (C=O) groups excluding carboxylic acids is 1. The molecule has 1 saturated heterocycles. The van der Waals surface area contributed by atoms with Crippen molar-refractivity contribution in [2.45, 2.75) is 51.9 Å². The Kier molecular flexibility index (Phi) is 8.03. The molecule has 0 unspecified atom stereocenters. The van der Waals surface area contributed by atoms with E-state index in [2.05, 4.69) is 41.4 Å². The number of amides is 1. The molecule has 0 aliphatic carbocycles. The van der Waals surface area contributed by atoms with Gasteiger partial charge in [0.15, 0.2) is 0 Å². The van der Waals surface area contributed by atoms with Gasteiger partial charge in [-0.15, -0.1) is 0 Å². The number of pyridine rings is 1. The molecule has 1 fully saturated rings. The predicted octanol–water partition coefficient (Wildman–Crippen LogP) is 5.90. The van der Waals surface area contributed by atoms with Gasteiger partial charge in [-0.25, -0.2) is 4.79 Å². The van der Waals surface area contributed by atoms with Crippen LogP contribution in [-0.4, -0.2) is 47.4 Å². The number of aromatic nitrogens is 1. The molecule has 0 bridgehead atoms. The van der Waals surface area contributed by atoms with Crippen molar-refractivity contribution in [1.82, 2.24) is 9.88 Å². The van der Waals surface area contributed by atoms with Crippen LogP contribution in [0.1, 0.15) is 38.3 Å². The molecule has 1 aliphatic heterocycles. The summed E-state index contributed by atoms with van der Waals surface area (Å²) in [5.41, 5.74) is 3.99. The number of hydrogen-bond acceptors (Lipinski definition) is 5. The van der Waals surface area contributed by atoms with Gasteiger partial charge in [0.25, 0.3) is 0 Å². The second-order valence-corrected chi connectivity index (χ2v) is 9.82. The van der Waals surface area contributed by atoms with Crippen molar-refractivity contribution in [2.24, 2.45) is 0 Å². The molecule has 0 N–H and O–H groups in total. The quantitative estimate of drug-likeness (QED) is 0.362. The van der Waals surface area contributed by atoms with Gasteiger partial charge in [-0.1, -0.05) is 54.6 Å². The van der Waals surface area contributed by atoms with Crippen LogP contribution in [0.25, 0.3) is 11.1 Å². The summed E-state index contributed by atoms with van der Waals surface area (Å²) in [6, 6.07) is 20.7. The second kappa shape index (κ2) is 11.4. The van der Waals surface area contributed by atoms with E-state index in [-0.39, 0.29) is 12.1 Å². The molecule has 0 spiro atoms. The van der Waals surface area contributed by atoms with E-state index in [0.717, 1.165) is 24.0 Å². The molecule has 1 atom stereocenters. The van der Waals surface area contributed by atoms with E-state index in [4.69, 9.17) is 14.2 Å². The SMILES string of the molecule is CC(C)(C)OC(=O)N1CC[C@H]1COc1cncc(-c2ccc(CCOCc3ccccc3)cc2)c1. The van der Waals surface area contributed by atoms with Crippen molar-refractivity contribution in [2.75, 3.05) is 19.8 Å². The van der Waals surface area contributed by atoms with E-state index in [1.807, 2.05) is 51.2 Å². The third-order valence-corrected chi connectivity index (χ3v) is 5.86. The highest BCUT2D eigenvalue weighted by molar-refractivity contribution is 5.69. The summed E-state index contributed by atoms with van der Waals surface area (Å²) in [6.07, 6.45) is 5.03. The summed E-state index contributed by atoms with van der Waals surface area (Å²) < 4.78 is 17.3. The van der Waals surface area contributed by atoms with Crippen molar-refractivity contribution >= 4 is 6.09 Å². The summed E-state index contributed by atoms with van der Waals surface area (Å²) in [4.78, 5) is 18.4. The first-order valence-electron chi connectivity index (χ1n) is 12.2. The van der Waals surface area contributed by atoms with Gasteiger partial charge >= 0.3 is 6.09 Å². The number of benzene rings is 2. The van der Waals surface area contributed by atoms with E-state index < -0.39 is 5.60 Å². The number of rotatable bonds is 9. The Balaban J connectivity index is 1.25. The van der Waals surface area contributed by atoms with Gasteiger partial charge in [-0.2, -0.15) is 0 Å². The molecule has 2 aromatic carbocycles. The van der Waals surface area contributed by atoms with Gasteiger partial charge in [-0.3, -0.25) is 4.98 Å². The lowest BCUT2D eigenvalue weighted by atomic mass is 10.0. The molecule has 0 saturated carbocycles. The standard InChI is InChI=1S/C29H34N2O4/c1-29(2,3)35-28(32)31-15-13-26(31)21-34-27-17-25(18-30-19-27)24-11-9-22(10-12-24)14-16-33-20-23-7-5-4-6-8-23/h4-12,17-19,26H,13-16,20-21H2,1-3H3/t26-/m0/s1. The third kappa shape index (κ3) is 7.30. The van der Waals surface area contributed by atoms with Gasteiger partial charge in [0, 0.05) is 18.3 Å². The first kappa shape index (κ1) is 24.7. The van der Waals surface area contributed by atoms with Gasteiger partial charge in [0.05, 0.1) is 25.5 Å². The molecule has 1 aliphatic rings. The molecule has 35 heavy (non-hydrogen) atoms. The number of hydrogen-bond donors (Lipinski definition) is 0. The van der Waals surface area contributed by atoms with Crippen LogP contribution in [0.4, 0.5) is 4.79 Å². The third-order valence-electron chi connectivity index (χ3n) is 5.86. The Labute approximate surface area is 207 Å². The van der Waals surface area contributed by atoms with Crippen LogP contribution in [0.5, 0.6) is 5.75 Å². The van der Waals surface area contributed by atoms with Crippen LogP contribution >= 0.6 is 0 Å². The fourth-order valence-electron chi connectivity index (χ4n) is 3.84. The smallest absolute Gasteiger partial charge is 0.410 e. The lowest BCUT2D eigenvalue weighted by Crippen LogP contribution is -2.55. The molecule has 4 rings (SSSR count). The predicted molar refractivity (Wildman–Crippen MR) is 136 cm³/mol. The topological polar surface area (TPSA) is 60.9 Å². The average molecular weight is 475 g/mol. The summed E-state index contributed by atoms with van der Waals surface area (Å²) >= 11 is 0. The van der Waals surface area contributed by atoms with E-state index in [1.165, 1.54) is 11.1 Å². The van der Waals surface area contributed by atoms with Gasteiger partial charge in [0.1, 0.15) is 18.0 Å². The lowest BCUT2D eigenvalue weighted by molar-refractivity contribution is -0.0141. The highest BCUT2D eigenvalue weighted by Crippen LogP contribution is 2.26. The van der Waals surface area contributed by atoms with Crippen molar-refractivity contribution < 1.29 is 19.0 Å². The normalized spacial score (nSPS) is 15.4. The largest absolute Gasteiger partial charge is 0.490 e. The Hall–Kier alpha value is -3.38. The van der Waals surface area contributed by atoms with Crippen LogP contribution in [0.3, 0.4) is 0 Å². The lowest BCUT2D eigenvalue weighted by Gasteiger charge is -2.40.